The Bertz CT molecular complexity index is 678. The first-order valence-electron chi connectivity index (χ1n) is 6.51. The maximum absolute atomic E-state index is 12.1. The summed E-state index contributed by atoms with van der Waals surface area (Å²) in [5, 5.41) is 0. The van der Waals surface area contributed by atoms with E-state index in [1.165, 1.54) is 6.92 Å². The van der Waals surface area contributed by atoms with Gasteiger partial charge in [0, 0.05) is 23.6 Å². The Labute approximate surface area is 117 Å². The molecule has 106 valence electrons. The van der Waals surface area contributed by atoms with E-state index >= 15 is 0 Å². The number of ketones is 1. The molecule has 3 rings (SSSR count). The van der Waals surface area contributed by atoms with Crippen molar-refractivity contribution >= 4 is 27.2 Å². The first-order valence-corrected chi connectivity index (χ1v) is 8.33. The van der Waals surface area contributed by atoms with Crippen molar-refractivity contribution in [3.63, 3.8) is 0 Å². The number of amides is 1. The van der Waals surface area contributed by atoms with E-state index < -0.39 is 9.84 Å². The summed E-state index contributed by atoms with van der Waals surface area (Å²) in [4.78, 5) is 24.9. The van der Waals surface area contributed by atoms with Crippen LogP contribution in [0, 0.1) is 5.92 Å². The van der Waals surface area contributed by atoms with Gasteiger partial charge in [-0.2, -0.15) is 0 Å². The van der Waals surface area contributed by atoms with Crippen molar-refractivity contribution in [3.8, 4) is 0 Å². The molecule has 20 heavy (non-hydrogen) atoms. The Hall–Kier alpha value is -1.69. The summed E-state index contributed by atoms with van der Waals surface area (Å²) in [5.41, 5.74) is 1.25. The lowest BCUT2D eigenvalue weighted by Gasteiger charge is -2.23. The van der Waals surface area contributed by atoms with Crippen molar-refractivity contribution in [1.29, 1.82) is 0 Å². The summed E-state index contributed by atoms with van der Waals surface area (Å²) in [6.45, 7) is 1.48. The molecule has 2 atom stereocenters. The van der Waals surface area contributed by atoms with E-state index in [2.05, 4.69) is 0 Å². The highest BCUT2D eigenvalue weighted by Gasteiger charge is 2.49. The van der Waals surface area contributed by atoms with Crippen LogP contribution in [0.3, 0.4) is 0 Å². The summed E-state index contributed by atoms with van der Waals surface area (Å²) < 4.78 is 23.4. The third kappa shape index (κ3) is 2.14. The van der Waals surface area contributed by atoms with Gasteiger partial charge in [0.1, 0.15) is 0 Å². The Balaban J connectivity index is 1.93. The minimum absolute atomic E-state index is 0.0365. The van der Waals surface area contributed by atoms with Crippen LogP contribution in [-0.2, 0) is 14.6 Å². The predicted octanol–water partition coefficient (Wildman–Crippen LogP) is 1.04. The largest absolute Gasteiger partial charge is 0.308 e. The molecule has 0 spiro atoms. The molecule has 1 amide bonds. The third-order valence-corrected chi connectivity index (χ3v) is 5.81. The molecule has 2 fully saturated rings. The van der Waals surface area contributed by atoms with Crippen LogP contribution in [0.25, 0.3) is 0 Å². The van der Waals surface area contributed by atoms with Gasteiger partial charge >= 0.3 is 0 Å². The molecule has 1 aromatic rings. The summed E-state index contributed by atoms with van der Waals surface area (Å²) >= 11 is 0. The number of anilines is 1. The zero-order valence-corrected chi connectivity index (χ0v) is 11.9. The molecule has 0 radical (unpaired) electrons. The third-order valence-electron chi connectivity index (χ3n) is 4.03. The molecule has 0 bridgehead atoms. The van der Waals surface area contributed by atoms with E-state index in [0.29, 0.717) is 17.7 Å². The van der Waals surface area contributed by atoms with Gasteiger partial charge in [0.15, 0.2) is 15.6 Å². The second-order valence-electron chi connectivity index (χ2n) is 5.48. The second-order valence-corrected chi connectivity index (χ2v) is 7.63. The van der Waals surface area contributed by atoms with Crippen LogP contribution in [0.5, 0.6) is 0 Å². The van der Waals surface area contributed by atoms with E-state index in [1.54, 1.807) is 29.2 Å². The maximum Gasteiger partial charge on any atom is 0.227 e. The van der Waals surface area contributed by atoms with E-state index in [9.17, 15) is 18.0 Å². The average molecular weight is 293 g/mol. The Kier molecular flexibility index (Phi) is 2.93. The van der Waals surface area contributed by atoms with Crippen LogP contribution in [0.15, 0.2) is 24.3 Å². The molecule has 0 unspecified atom stereocenters. The normalized spacial score (nSPS) is 27.6. The van der Waals surface area contributed by atoms with Crippen LogP contribution >= 0.6 is 0 Å². The number of Topliss-reactive ketones (excluding diaryl/α,β-unsaturated/α-hetero) is 1. The molecule has 1 aromatic carbocycles. The highest BCUT2D eigenvalue weighted by Crippen LogP contribution is 2.37. The number of rotatable bonds is 2. The number of carbonyl (C=O) groups is 2. The van der Waals surface area contributed by atoms with E-state index in [0.717, 1.165) is 0 Å². The molecule has 0 aliphatic carbocycles. The van der Waals surface area contributed by atoms with Gasteiger partial charge in [-0.15, -0.1) is 0 Å². The molecule has 2 saturated heterocycles. The number of fused-ring (bicyclic) bond motifs is 1. The average Bonchev–Trinajstić information content (AvgIpc) is 2.79. The van der Waals surface area contributed by atoms with E-state index in [1.807, 2.05) is 0 Å². The van der Waals surface area contributed by atoms with Crippen LogP contribution in [-0.4, -0.2) is 37.7 Å². The molecular weight excluding hydrogens is 278 g/mol. The van der Waals surface area contributed by atoms with Gasteiger partial charge in [-0.3, -0.25) is 9.59 Å². The van der Waals surface area contributed by atoms with Crippen molar-refractivity contribution < 1.29 is 18.0 Å². The van der Waals surface area contributed by atoms with E-state index in [4.69, 9.17) is 0 Å². The molecule has 0 N–H and O–H groups in total. The SMILES string of the molecule is CC(=O)c1ccc(N2C(=O)C[C@@H]3CS(=O)(=O)C[C@@H]32)cc1. The zero-order valence-electron chi connectivity index (χ0n) is 11.1. The fraction of sp³-hybridized carbons (Fsp3) is 0.429. The Morgan fingerprint density at radius 3 is 2.45 bits per heavy atom. The first kappa shape index (κ1) is 13.3. The minimum atomic E-state index is -3.04. The number of hydrogen-bond donors (Lipinski definition) is 0. The van der Waals surface area contributed by atoms with Crippen molar-refractivity contribution in [3.05, 3.63) is 29.8 Å². The lowest BCUT2D eigenvalue weighted by molar-refractivity contribution is -0.117. The van der Waals surface area contributed by atoms with Gasteiger partial charge in [-0.1, -0.05) is 0 Å². The summed E-state index contributed by atoms with van der Waals surface area (Å²) in [6, 6.07) is 6.50. The first-order chi connectivity index (χ1) is 9.37. The number of hydrogen-bond acceptors (Lipinski definition) is 4. The van der Waals surface area contributed by atoms with Gasteiger partial charge in [-0.05, 0) is 31.2 Å². The van der Waals surface area contributed by atoms with Gasteiger partial charge in [0.05, 0.1) is 17.5 Å². The lowest BCUT2D eigenvalue weighted by atomic mass is 10.0. The molecule has 0 saturated carbocycles. The molecule has 0 aromatic heterocycles. The van der Waals surface area contributed by atoms with Crippen LogP contribution in [0.2, 0.25) is 0 Å². The van der Waals surface area contributed by atoms with Gasteiger partial charge in [-0.25, -0.2) is 8.42 Å². The second kappa shape index (κ2) is 4.41. The number of nitrogens with zero attached hydrogens (tertiary/aromatic N) is 1. The number of sulfone groups is 1. The molecule has 6 heteroatoms. The molecule has 5 nitrogen and oxygen atoms in total. The molecular formula is C14H15NO4S. The van der Waals surface area contributed by atoms with Gasteiger partial charge in [0.2, 0.25) is 5.91 Å². The van der Waals surface area contributed by atoms with Crippen LogP contribution < -0.4 is 4.90 Å². The van der Waals surface area contributed by atoms with Crippen molar-refractivity contribution in [2.24, 2.45) is 5.92 Å². The predicted molar refractivity (Wildman–Crippen MR) is 74.5 cm³/mol. The topological polar surface area (TPSA) is 71.5 Å². The summed E-state index contributed by atoms with van der Waals surface area (Å²) in [7, 11) is -3.04. The quantitative estimate of drug-likeness (QED) is 0.764. The highest BCUT2D eigenvalue weighted by molar-refractivity contribution is 7.91. The Morgan fingerprint density at radius 2 is 1.85 bits per heavy atom. The standard InChI is InChI=1S/C14H15NO4S/c1-9(16)10-2-4-12(5-3-10)15-13-8-20(18,19)7-11(13)6-14(15)17/h2-5,11,13H,6-8H2,1H3/t11-,13+/m1/s1. The Morgan fingerprint density at radius 1 is 1.20 bits per heavy atom. The number of carbonyl (C=O) groups excluding carboxylic acids is 2. The van der Waals surface area contributed by atoms with Crippen LogP contribution in [0.1, 0.15) is 23.7 Å². The maximum atomic E-state index is 12.1. The number of benzene rings is 1. The molecule has 2 heterocycles. The van der Waals surface area contributed by atoms with Crippen molar-refractivity contribution in [2.75, 3.05) is 16.4 Å². The highest BCUT2D eigenvalue weighted by atomic mass is 32.2. The van der Waals surface area contributed by atoms with Crippen molar-refractivity contribution in [2.45, 2.75) is 19.4 Å². The lowest BCUT2D eigenvalue weighted by Crippen LogP contribution is -2.36. The molecule has 2 aliphatic rings. The summed E-state index contributed by atoms with van der Waals surface area (Å²) in [6.07, 6.45) is 0.290. The summed E-state index contributed by atoms with van der Waals surface area (Å²) in [5.74, 6) is -0.0281. The minimum Gasteiger partial charge on any atom is -0.308 e. The smallest absolute Gasteiger partial charge is 0.227 e. The van der Waals surface area contributed by atoms with Crippen LogP contribution in [0.4, 0.5) is 5.69 Å². The van der Waals surface area contributed by atoms with Gasteiger partial charge in [0.25, 0.3) is 0 Å². The zero-order chi connectivity index (χ0) is 14.5. The van der Waals surface area contributed by atoms with E-state index in [-0.39, 0.29) is 35.2 Å². The fourth-order valence-corrected chi connectivity index (χ4v) is 5.15. The van der Waals surface area contributed by atoms with Crippen molar-refractivity contribution in [1.82, 2.24) is 0 Å². The molecule has 2 aliphatic heterocycles. The van der Waals surface area contributed by atoms with Gasteiger partial charge < -0.3 is 4.90 Å². The fourth-order valence-electron chi connectivity index (χ4n) is 3.08. The monoisotopic (exact) mass is 293 g/mol.